The van der Waals surface area contributed by atoms with Gasteiger partial charge in [-0.3, -0.25) is 5.32 Å². The molecule has 0 spiro atoms. The van der Waals surface area contributed by atoms with E-state index in [9.17, 15) is 13.6 Å². The van der Waals surface area contributed by atoms with Crippen LogP contribution in [0.4, 0.5) is 24.4 Å². The van der Waals surface area contributed by atoms with E-state index >= 15 is 0 Å². The van der Waals surface area contributed by atoms with E-state index in [4.69, 9.17) is 0 Å². The Bertz CT molecular complexity index is 1120. The lowest BCUT2D eigenvalue weighted by Crippen LogP contribution is -2.20. The first-order valence-electron chi connectivity index (χ1n) is 7.31. The monoisotopic (exact) mass is 408 g/mol. The first kappa shape index (κ1) is 17.1. The largest absolute Gasteiger partial charge is 0.325 e. The zero-order valence-electron chi connectivity index (χ0n) is 13.2. The normalized spacial score (nSPS) is 11.2. The molecule has 0 atom stereocenters. The number of nitrogens with zero attached hydrogens (tertiary/aromatic N) is 2. The van der Waals surface area contributed by atoms with Gasteiger partial charge in [-0.1, -0.05) is 29.2 Å². The summed E-state index contributed by atoms with van der Waals surface area (Å²) in [5.41, 5.74) is 1.10. The third-order valence-corrected chi connectivity index (χ3v) is 6.70. The molecule has 0 aliphatic rings. The molecule has 0 saturated heterocycles. The summed E-state index contributed by atoms with van der Waals surface area (Å²) in [5, 5.41) is 5.03. The van der Waals surface area contributed by atoms with Crippen molar-refractivity contribution in [3.8, 4) is 0 Å². The highest BCUT2D eigenvalue weighted by molar-refractivity contribution is 8.00. The molecule has 0 aliphatic carbocycles. The maximum atomic E-state index is 13.6. The van der Waals surface area contributed by atoms with Gasteiger partial charge in [0.25, 0.3) is 0 Å². The molecule has 4 rings (SSSR count). The van der Waals surface area contributed by atoms with Crippen LogP contribution in [0.5, 0.6) is 0 Å². The van der Waals surface area contributed by atoms with Gasteiger partial charge in [0.2, 0.25) is 0 Å². The van der Waals surface area contributed by atoms with Crippen molar-refractivity contribution in [1.82, 2.24) is 9.97 Å². The van der Waals surface area contributed by atoms with Gasteiger partial charge < -0.3 is 5.32 Å². The molecule has 0 bridgehead atoms. The number of halogens is 2. The minimum Gasteiger partial charge on any atom is -0.302 e. The smallest absolute Gasteiger partial charge is 0.302 e. The summed E-state index contributed by atoms with van der Waals surface area (Å²) in [7, 11) is 0. The van der Waals surface area contributed by atoms with E-state index in [-0.39, 0.29) is 0 Å². The summed E-state index contributed by atoms with van der Waals surface area (Å²) in [5.74, 6) is -1.69. The number of benzene rings is 2. The predicted octanol–water partition coefficient (Wildman–Crippen LogP) is 5.55. The maximum absolute atomic E-state index is 13.6. The molecular weight excluding hydrogens is 398 g/mol. The Hall–Kier alpha value is -2.30. The van der Waals surface area contributed by atoms with Crippen LogP contribution in [0.25, 0.3) is 20.4 Å². The lowest BCUT2D eigenvalue weighted by Gasteiger charge is -2.07. The number of thioether (sulfide) groups is 1. The predicted molar refractivity (Wildman–Crippen MR) is 104 cm³/mol. The van der Waals surface area contributed by atoms with Crippen molar-refractivity contribution < 1.29 is 13.6 Å². The third-order valence-electron chi connectivity index (χ3n) is 3.49. The third kappa shape index (κ3) is 3.11. The van der Waals surface area contributed by atoms with Crippen LogP contribution in [0.2, 0.25) is 0 Å². The minimum absolute atomic E-state index is 0.334. The molecule has 2 aromatic heterocycles. The quantitative estimate of drug-likeness (QED) is 0.436. The molecule has 2 aromatic carbocycles. The van der Waals surface area contributed by atoms with E-state index in [1.54, 1.807) is 23.1 Å². The van der Waals surface area contributed by atoms with Gasteiger partial charge in [-0.15, -0.1) is 11.3 Å². The summed E-state index contributed by atoms with van der Waals surface area (Å²) in [4.78, 5) is 20.9. The molecule has 2 heterocycles. The van der Waals surface area contributed by atoms with Gasteiger partial charge in [-0.25, -0.2) is 23.5 Å². The van der Waals surface area contributed by atoms with Crippen molar-refractivity contribution in [2.45, 2.75) is 4.34 Å². The van der Waals surface area contributed by atoms with Crippen LogP contribution < -0.4 is 10.6 Å². The van der Waals surface area contributed by atoms with E-state index in [0.717, 1.165) is 36.9 Å². The Morgan fingerprint density at radius 3 is 2.35 bits per heavy atom. The van der Waals surface area contributed by atoms with E-state index in [1.807, 2.05) is 18.4 Å². The fourth-order valence-electron chi connectivity index (χ4n) is 2.35. The maximum Gasteiger partial charge on any atom is 0.325 e. The number of nitrogens with one attached hydrogen (secondary N) is 2. The van der Waals surface area contributed by atoms with Crippen LogP contribution in [-0.4, -0.2) is 22.3 Å². The Morgan fingerprint density at radius 2 is 1.65 bits per heavy atom. The second-order valence-electron chi connectivity index (χ2n) is 5.14. The van der Waals surface area contributed by atoms with Gasteiger partial charge >= 0.3 is 6.03 Å². The molecule has 0 aliphatic heterocycles. The van der Waals surface area contributed by atoms with Crippen LogP contribution >= 0.6 is 34.4 Å². The molecule has 0 unspecified atom stereocenters. The van der Waals surface area contributed by atoms with Gasteiger partial charge in [0.15, 0.2) is 9.47 Å². The standard InChI is InChI=1S/C16H10F2N4OS3/c1-24-16-20-10-6-5-9-12(13(10)26-16)25-15(19-9)22-14(23)21-11-7(17)3-2-4-8(11)18/h2-6H,1H3,(H2,19,21,22,23). The number of hydrogen-bond donors (Lipinski definition) is 2. The first-order chi connectivity index (χ1) is 12.5. The average molecular weight is 408 g/mol. The number of hydrogen-bond acceptors (Lipinski definition) is 6. The number of aromatic nitrogens is 2. The first-order valence-corrected chi connectivity index (χ1v) is 10.2. The van der Waals surface area contributed by atoms with Gasteiger partial charge in [0.1, 0.15) is 17.3 Å². The zero-order chi connectivity index (χ0) is 18.3. The molecule has 0 radical (unpaired) electrons. The Morgan fingerprint density at radius 1 is 1.00 bits per heavy atom. The van der Waals surface area contributed by atoms with Crippen LogP contribution in [0.1, 0.15) is 0 Å². The van der Waals surface area contributed by atoms with Gasteiger partial charge in [-0.05, 0) is 30.5 Å². The number of thiazole rings is 2. The molecule has 10 heteroatoms. The molecule has 0 saturated carbocycles. The second-order valence-corrected chi connectivity index (χ2v) is 8.19. The van der Waals surface area contributed by atoms with Crippen LogP contribution in [0.3, 0.4) is 0 Å². The molecular formula is C16H10F2N4OS3. The number of carbonyl (C=O) groups is 1. The summed E-state index contributed by atoms with van der Waals surface area (Å²) >= 11 is 4.41. The highest BCUT2D eigenvalue weighted by Crippen LogP contribution is 2.38. The number of urea groups is 1. The lowest BCUT2D eigenvalue weighted by atomic mass is 10.3. The molecule has 0 fully saturated rings. The topological polar surface area (TPSA) is 66.9 Å². The Labute approximate surface area is 158 Å². The number of fused-ring (bicyclic) bond motifs is 3. The number of anilines is 2. The number of para-hydroxylation sites is 1. The van der Waals surface area contributed by atoms with Crippen molar-refractivity contribution in [2.24, 2.45) is 0 Å². The van der Waals surface area contributed by atoms with Gasteiger partial charge in [-0.2, -0.15) is 0 Å². The summed E-state index contributed by atoms with van der Waals surface area (Å²) in [6.45, 7) is 0. The van der Waals surface area contributed by atoms with Gasteiger partial charge in [0, 0.05) is 0 Å². The van der Waals surface area contributed by atoms with Crippen molar-refractivity contribution >= 4 is 71.7 Å². The van der Waals surface area contributed by atoms with E-state index in [1.165, 1.54) is 17.4 Å². The number of carbonyl (C=O) groups excluding carboxylic acids is 1. The zero-order valence-corrected chi connectivity index (χ0v) is 15.6. The minimum atomic E-state index is -0.847. The summed E-state index contributed by atoms with van der Waals surface area (Å²) < 4.78 is 30.1. The van der Waals surface area contributed by atoms with E-state index in [2.05, 4.69) is 20.6 Å². The second kappa shape index (κ2) is 6.78. The van der Waals surface area contributed by atoms with Crippen LogP contribution in [-0.2, 0) is 0 Å². The van der Waals surface area contributed by atoms with Crippen LogP contribution in [0.15, 0.2) is 34.7 Å². The van der Waals surface area contributed by atoms with Crippen molar-refractivity contribution in [1.29, 1.82) is 0 Å². The Balaban J connectivity index is 1.62. The number of rotatable bonds is 3. The molecule has 2 N–H and O–H groups in total. The van der Waals surface area contributed by atoms with Crippen molar-refractivity contribution in [3.05, 3.63) is 42.0 Å². The van der Waals surface area contributed by atoms with Gasteiger partial charge in [0.05, 0.1) is 20.4 Å². The molecule has 132 valence electrons. The summed E-state index contributed by atoms with van der Waals surface area (Å²) in [6, 6.07) is 6.31. The average Bonchev–Trinajstić information content (AvgIpc) is 3.20. The lowest BCUT2D eigenvalue weighted by molar-refractivity contribution is 0.262. The highest BCUT2D eigenvalue weighted by Gasteiger charge is 2.15. The van der Waals surface area contributed by atoms with Crippen molar-refractivity contribution in [3.63, 3.8) is 0 Å². The number of amides is 2. The summed E-state index contributed by atoms with van der Waals surface area (Å²) in [6.07, 6.45) is 1.96. The SMILES string of the molecule is CSc1nc2ccc3nc(NC(=O)Nc4c(F)cccc4F)sc3c2s1. The fourth-order valence-corrected chi connectivity index (χ4v) is 5.01. The van der Waals surface area contributed by atoms with Crippen molar-refractivity contribution in [2.75, 3.05) is 16.9 Å². The molecule has 5 nitrogen and oxygen atoms in total. The van der Waals surface area contributed by atoms with Crippen LogP contribution in [0, 0.1) is 11.6 Å². The molecule has 26 heavy (non-hydrogen) atoms. The van der Waals surface area contributed by atoms with E-state index in [0.29, 0.717) is 5.13 Å². The molecule has 4 aromatic rings. The molecule has 2 amide bonds. The van der Waals surface area contributed by atoms with E-state index < -0.39 is 23.4 Å². The highest BCUT2D eigenvalue weighted by atomic mass is 32.2. The fraction of sp³-hybridized carbons (Fsp3) is 0.0625. The Kier molecular flexibility index (Phi) is 4.47.